The number of allylic oxidation sites excluding steroid dienone is 1. The Bertz CT molecular complexity index is 2380. The topological polar surface area (TPSA) is 125 Å². The highest BCUT2D eigenvalue weighted by Crippen LogP contribution is 2.39. The number of imide groups is 3. The van der Waals surface area contributed by atoms with E-state index in [-0.39, 0.29) is 62.0 Å². The number of rotatable bonds is 21. The van der Waals surface area contributed by atoms with Gasteiger partial charge in [-0.1, -0.05) is 173 Å². The molecule has 2 aliphatic rings. The Morgan fingerprint density at radius 2 is 1.37 bits per heavy atom. The third-order valence-corrected chi connectivity index (χ3v) is 12.4. The van der Waals surface area contributed by atoms with Crippen LogP contribution in [-0.4, -0.2) is 40.3 Å². The quantitative estimate of drug-likeness (QED) is 0.0290. The van der Waals surface area contributed by atoms with Crippen molar-refractivity contribution in [3.8, 4) is 5.75 Å². The fourth-order valence-electron chi connectivity index (χ4n) is 7.88. The molecule has 0 bridgehead atoms. The first kappa shape index (κ1) is 47.7. The third-order valence-electron chi connectivity index (χ3n) is 11.2. The van der Waals surface area contributed by atoms with Crippen LogP contribution in [0.5, 0.6) is 5.75 Å². The van der Waals surface area contributed by atoms with Crippen molar-refractivity contribution in [1.29, 1.82) is 0 Å². The largest absolute Gasteiger partial charge is 0.422 e. The Morgan fingerprint density at radius 3 is 2.02 bits per heavy atom. The van der Waals surface area contributed by atoms with Crippen molar-refractivity contribution in [1.82, 2.24) is 4.90 Å². The summed E-state index contributed by atoms with van der Waals surface area (Å²) in [5, 5.41) is 10.1. The molecule has 4 aromatic carbocycles. The molecule has 10 nitrogen and oxygen atoms in total. The van der Waals surface area contributed by atoms with Gasteiger partial charge in [0.05, 0.1) is 38.7 Å². The summed E-state index contributed by atoms with van der Waals surface area (Å²) in [5.41, 5.74) is 0.697. The van der Waals surface area contributed by atoms with E-state index in [4.69, 9.17) is 51.1 Å². The number of likely N-dealkylation sites (tertiary alicyclic amines) is 1. The summed E-state index contributed by atoms with van der Waals surface area (Å²) in [6.45, 7) is 2.25. The molecule has 4 aromatic rings. The lowest BCUT2D eigenvalue weighted by atomic mass is 10.0. The SMILES string of the molecule is CCCCCCCCCCCCCCCCC=CC1CC(=O)N(C(=O)c2ccc(OC(=O)c3ccc(Cl)c(NC4=NN(c5c(Cl)cc(Cl)cc5Cl)C(=O)C4)c3)c3ccccc23)C1=O. The fourth-order valence-corrected chi connectivity index (χ4v) is 9.02. The lowest BCUT2D eigenvalue weighted by Gasteiger charge is -2.16. The number of carbonyl (C=O) groups excluding carboxylic acids is 5. The number of nitrogens with zero attached hydrogens (tertiary/aromatic N) is 3. The highest BCUT2D eigenvalue weighted by Gasteiger charge is 2.42. The number of hydrazone groups is 1. The van der Waals surface area contributed by atoms with E-state index >= 15 is 0 Å². The van der Waals surface area contributed by atoms with Crippen molar-refractivity contribution in [2.24, 2.45) is 11.0 Å². The number of esters is 1. The molecule has 2 aliphatic heterocycles. The number of hydrogen-bond donors (Lipinski definition) is 1. The number of benzene rings is 4. The zero-order chi connectivity index (χ0) is 44.9. The molecule has 1 fully saturated rings. The van der Waals surface area contributed by atoms with E-state index in [1.807, 2.05) is 6.08 Å². The van der Waals surface area contributed by atoms with E-state index in [2.05, 4.69) is 17.3 Å². The molecule has 0 radical (unpaired) electrons. The molecule has 4 amide bonds. The van der Waals surface area contributed by atoms with Gasteiger partial charge in [-0.25, -0.2) is 9.69 Å². The van der Waals surface area contributed by atoms with Gasteiger partial charge in [0.2, 0.25) is 11.8 Å². The first-order valence-corrected chi connectivity index (χ1v) is 23.4. The number of ether oxygens (including phenoxy) is 1. The van der Waals surface area contributed by atoms with Gasteiger partial charge in [0.15, 0.2) is 0 Å². The van der Waals surface area contributed by atoms with Crippen LogP contribution in [0.15, 0.2) is 84.0 Å². The number of hydrogen-bond acceptors (Lipinski definition) is 8. The van der Waals surface area contributed by atoms with Crippen molar-refractivity contribution in [2.45, 2.75) is 116 Å². The van der Waals surface area contributed by atoms with Gasteiger partial charge in [0.25, 0.3) is 11.8 Å². The van der Waals surface area contributed by atoms with Gasteiger partial charge >= 0.3 is 5.97 Å². The van der Waals surface area contributed by atoms with E-state index in [1.54, 1.807) is 30.3 Å². The molecular weight excluding hydrogens is 882 g/mol. The van der Waals surface area contributed by atoms with Crippen LogP contribution in [-0.2, 0) is 14.4 Å². The summed E-state index contributed by atoms with van der Waals surface area (Å²) >= 11 is 25.2. The van der Waals surface area contributed by atoms with Crippen molar-refractivity contribution in [3.63, 3.8) is 0 Å². The van der Waals surface area contributed by atoms with E-state index in [0.29, 0.717) is 15.8 Å². The third kappa shape index (κ3) is 12.5. The lowest BCUT2D eigenvalue weighted by molar-refractivity contribution is -0.135. The van der Waals surface area contributed by atoms with Gasteiger partial charge in [0.1, 0.15) is 17.3 Å². The monoisotopic (exact) mass is 932 g/mol. The maximum absolute atomic E-state index is 13.9. The molecule has 0 aliphatic carbocycles. The van der Waals surface area contributed by atoms with Crippen molar-refractivity contribution in [3.05, 3.63) is 110 Å². The molecule has 2 heterocycles. The molecule has 63 heavy (non-hydrogen) atoms. The molecule has 332 valence electrons. The van der Waals surface area contributed by atoms with Gasteiger partial charge in [-0.3, -0.25) is 19.2 Å². The lowest BCUT2D eigenvalue weighted by Crippen LogP contribution is -2.36. The van der Waals surface area contributed by atoms with E-state index in [0.717, 1.165) is 29.2 Å². The van der Waals surface area contributed by atoms with Crippen LogP contribution >= 0.6 is 46.4 Å². The molecule has 1 saturated heterocycles. The van der Waals surface area contributed by atoms with E-state index in [9.17, 15) is 24.0 Å². The van der Waals surface area contributed by atoms with Gasteiger partial charge in [0, 0.05) is 22.4 Å². The van der Waals surface area contributed by atoms with E-state index in [1.165, 1.54) is 120 Å². The van der Waals surface area contributed by atoms with Gasteiger partial charge in [-0.05, 0) is 60.7 Å². The van der Waals surface area contributed by atoms with Crippen molar-refractivity contribution < 1.29 is 28.7 Å². The summed E-state index contributed by atoms with van der Waals surface area (Å²) in [4.78, 5) is 67.6. The second kappa shape index (κ2) is 23.3. The fraction of sp³-hybridized carbons (Fsp3) is 0.388. The minimum atomic E-state index is -0.738. The van der Waals surface area contributed by atoms with Gasteiger partial charge in [-0.2, -0.15) is 10.1 Å². The van der Waals surface area contributed by atoms with Crippen LogP contribution in [0.2, 0.25) is 20.1 Å². The van der Waals surface area contributed by atoms with Crippen molar-refractivity contribution in [2.75, 3.05) is 10.3 Å². The normalized spacial score (nSPS) is 15.3. The number of amides is 4. The van der Waals surface area contributed by atoms with Crippen LogP contribution in [0.25, 0.3) is 10.8 Å². The molecule has 1 atom stereocenters. The van der Waals surface area contributed by atoms with Crippen LogP contribution < -0.4 is 15.1 Å². The standard InChI is InChI=1S/C49H52Cl4N4O6/c1-2-3-4-5-6-7-8-9-10-11-12-13-14-15-16-17-20-32-28-44(58)56(47(32)60)48(61)37-24-26-42(36-22-19-18-21-35(36)37)63-49(62)33-23-25-38(51)41(27-33)54-43-31-45(59)57(55-43)46-39(52)29-34(50)30-40(46)53/h17-27,29-30,32H,2-16,28,31H2,1H3,(H,54,55). The molecule has 14 heteroatoms. The summed E-state index contributed by atoms with van der Waals surface area (Å²) in [7, 11) is 0. The second-order valence-electron chi connectivity index (χ2n) is 16.0. The number of halogens is 4. The average molecular weight is 935 g/mol. The maximum atomic E-state index is 13.9. The summed E-state index contributed by atoms with van der Waals surface area (Å²) in [5.74, 6) is -3.31. The smallest absolute Gasteiger partial charge is 0.343 e. The van der Waals surface area contributed by atoms with E-state index < -0.39 is 35.5 Å². The Labute approximate surface area is 388 Å². The number of unbranched alkanes of at least 4 members (excludes halogenated alkanes) is 14. The Morgan fingerprint density at radius 1 is 0.746 bits per heavy atom. The summed E-state index contributed by atoms with van der Waals surface area (Å²) in [6, 6.07) is 17.0. The molecule has 0 aromatic heterocycles. The number of nitrogens with one attached hydrogen (secondary N) is 1. The maximum Gasteiger partial charge on any atom is 0.343 e. The molecule has 1 N–H and O–H groups in total. The van der Waals surface area contributed by atoms with Crippen LogP contribution in [0.4, 0.5) is 11.4 Å². The molecular formula is C49H52Cl4N4O6. The number of amidine groups is 1. The van der Waals surface area contributed by atoms with Crippen LogP contribution in [0, 0.1) is 5.92 Å². The second-order valence-corrected chi connectivity index (χ2v) is 17.7. The van der Waals surface area contributed by atoms with Gasteiger partial charge in [-0.15, -0.1) is 0 Å². The predicted octanol–water partition coefficient (Wildman–Crippen LogP) is 13.8. The number of fused-ring (bicyclic) bond motifs is 1. The number of carbonyl (C=O) groups is 5. The minimum Gasteiger partial charge on any atom is -0.422 e. The van der Waals surface area contributed by atoms with Crippen molar-refractivity contribution >= 4 is 104 Å². The highest BCUT2D eigenvalue weighted by molar-refractivity contribution is 6.43. The molecule has 0 spiro atoms. The zero-order valence-corrected chi connectivity index (χ0v) is 38.4. The number of anilines is 2. The Kier molecular flexibility index (Phi) is 17.6. The summed E-state index contributed by atoms with van der Waals surface area (Å²) < 4.78 is 5.84. The first-order chi connectivity index (χ1) is 30.5. The predicted molar refractivity (Wildman–Crippen MR) is 253 cm³/mol. The Hall–Kier alpha value is -4.74. The molecule has 1 unspecified atom stereocenters. The zero-order valence-electron chi connectivity index (χ0n) is 35.4. The minimum absolute atomic E-state index is 0.0711. The van der Waals surface area contributed by atoms with Crippen LogP contribution in [0.1, 0.15) is 137 Å². The summed E-state index contributed by atoms with van der Waals surface area (Å²) in [6.07, 6.45) is 22.3. The Balaban J connectivity index is 1.02. The van der Waals surface area contributed by atoms with Crippen LogP contribution in [0.3, 0.4) is 0 Å². The molecule has 0 saturated carbocycles. The van der Waals surface area contributed by atoms with Gasteiger partial charge < -0.3 is 10.1 Å². The first-order valence-electron chi connectivity index (χ1n) is 21.9. The average Bonchev–Trinajstić information content (AvgIpc) is 3.76. The molecule has 6 rings (SSSR count). The highest BCUT2D eigenvalue weighted by atomic mass is 35.5.